The first-order valence-corrected chi connectivity index (χ1v) is 13.1. The summed E-state index contributed by atoms with van der Waals surface area (Å²) in [6.07, 6.45) is 0.771. The lowest BCUT2D eigenvalue weighted by molar-refractivity contribution is -0.120. The molecule has 1 fully saturated rings. The van der Waals surface area contributed by atoms with Crippen molar-refractivity contribution in [2.75, 3.05) is 25.5 Å². The Kier molecular flexibility index (Phi) is 6.97. The Balaban J connectivity index is 1.41. The molecule has 3 aromatic rings. The van der Waals surface area contributed by atoms with Crippen molar-refractivity contribution < 1.29 is 22.7 Å². The molecule has 1 aromatic heterocycles. The maximum atomic E-state index is 13.0. The quantitative estimate of drug-likeness (QED) is 0.470. The van der Waals surface area contributed by atoms with Crippen LogP contribution in [0.3, 0.4) is 0 Å². The number of hydrogen-bond donors (Lipinski definition) is 1. The number of carbonyl (C=O) groups is 2. The van der Waals surface area contributed by atoms with E-state index in [1.807, 2.05) is 6.07 Å². The van der Waals surface area contributed by atoms with Gasteiger partial charge in [-0.2, -0.15) is 4.31 Å². The van der Waals surface area contributed by atoms with Gasteiger partial charge in [0.05, 0.1) is 12.1 Å². The van der Waals surface area contributed by atoms with Crippen molar-refractivity contribution in [1.82, 2.24) is 4.31 Å². The lowest BCUT2D eigenvalue weighted by Crippen LogP contribution is -2.41. The Morgan fingerprint density at radius 2 is 1.82 bits per heavy atom. The van der Waals surface area contributed by atoms with Crippen molar-refractivity contribution in [3.05, 3.63) is 57.4 Å². The van der Waals surface area contributed by atoms with Crippen molar-refractivity contribution in [2.24, 2.45) is 5.92 Å². The average molecular weight is 527 g/mol. The molecule has 0 spiro atoms. The molecule has 33 heavy (non-hydrogen) atoms. The maximum Gasteiger partial charge on any atom is 0.348 e. The van der Waals surface area contributed by atoms with E-state index in [1.54, 1.807) is 18.2 Å². The molecule has 0 unspecified atom stereocenters. The summed E-state index contributed by atoms with van der Waals surface area (Å²) in [4.78, 5) is 25.0. The molecule has 1 aliphatic heterocycles. The summed E-state index contributed by atoms with van der Waals surface area (Å²) in [5.74, 6) is -0.895. The third kappa shape index (κ3) is 5.02. The van der Waals surface area contributed by atoms with Gasteiger partial charge in [-0.05, 0) is 60.7 Å². The molecular formula is C22H20Cl2N2O5S2. The summed E-state index contributed by atoms with van der Waals surface area (Å²) in [5.41, 5.74) is 0.613. The van der Waals surface area contributed by atoms with E-state index in [4.69, 9.17) is 27.9 Å². The molecule has 1 aliphatic rings. The van der Waals surface area contributed by atoms with Gasteiger partial charge in [-0.3, -0.25) is 4.79 Å². The van der Waals surface area contributed by atoms with E-state index in [0.29, 0.717) is 23.4 Å². The second kappa shape index (κ2) is 9.60. The molecule has 0 bridgehead atoms. The minimum Gasteiger partial charge on any atom is -0.465 e. The third-order valence-electron chi connectivity index (χ3n) is 5.51. The number of piperidine rings is 1. The molecular weight excluding hydrogens is 507 g/mol. The van der Waals surface area contributed by atoms with Crippen molar-refractivity contribution in [1.29, 1.82) is 0 Å². The second-order valence-corrected chi connectivity index (χ2v) is 11.4. The van der Waals surface area contributed by atoms with Gasteiger partial charge in [0.25, 0.3) is 0 Å². The summed E-state index contributed by atoms with van der Waals surface area (Å²) < 4.78 is 32.9. The largest absolute Gasteiger partial charge is 0.465 e. The number of ether oxygens (including phenoxy) is 1. The number of nitrogens with one attached hydrogen (secondary N) is 1. The van der Waals surface area contributed by atoms with Crippen LogP contribution in [0.25, 0.3) is 10.1 Å². The van der Waals surface area contributed by atoms with E-state index in [0.717, 1.165) is 10.1 Å². The number of carbonyl (C=O) groups excluding carboxylic acids is 2. The van der Waals surface area contributed by atoms with Crippen LogP contribution in [0.15, 0.2) is 47.4 Å². The van der Waals surface area contributed by atoms with Gasteiger partial charge in [-0.15, -0.1) is 11.3 Å². The predicted molar refractivity (Wildman–Crippen MR) is 130 cm³/mol. The van der Waals surface area contributed by atoms with Crippen LogP contribution in [0.4, 0.5) is 5.69 Å². The maximum absolute atomic E-state index is 13.0. The zero-order valence-electron chi connectivity index (χ0n) is 17.5. The fraction of sp³-hybridized carbons (Fsp3) is 0.273. The summed E-state index contributed by atoms with van der Waals surface area (Å²) in [7, 11) is -2.47. The first-order valence-electron chi connectivity index (χ1n) is 10.1. The molecule has 11 heteroatoms. The van der Waals surface area contributed by atoms with E-state index in [1.165, 1.54) is 41.0 Å². The van der Waals surface area contributed by atoms with Crippen molar-refractivity contribution in [3.8, 4) is 0 Å². The normalized spacial score (nSPS) is 15.5. The monoisotopic (exact) mass is 526 g/mol. The molecule has 0 saturated carbocycles. The first kappa shape index (κ1) is 24.0. The van der Waals surface area contributed by atoms with Crippen LogP contribution < -0.4 is 5.32 Å². The fourth-order valence-electron chi connectivity index (χ4n) is 3.74. The van der Waals surface area contributed by atoms with Crippen LogP contribution in [-0.2, 0) is 19.6 Å². The van der Waals surface area contributed by atoms with Crippen LogP contribution in [0.5, 0.6) is 0 Å². The number of esters is 1. The number of sulfonamides is 1. The molecule has 4 rings (SSSR count). The Hall–Kier alpha value is -2.17. The molecule has 0 radical (unpaired) electrons. The number of rotatable bonds is 5. The summed E-state index contributed by atoms with van der Waals surface area (Å²) >= 11 is 13.4. The summed E-state index contributed by atoms with van der Waals surface area (Å²) in [6.45, 7) is 0.407. The van der Waals surface area contributed by atoms with E-state index >= 15 is 0 Å². The molecule has 2 aromatic carbocycles. The molecule has 2 heterocycles. The zero-order valence-corrected chi connectivity index (χ0v) is 20.7. The topological polar surface area (TPSA) is 92.8 Å². The highest BCUT2D eigenvalue weighted by Crippen LogP contribution is 2.32. The number of fused-ring (bicyclic) bond motifs is 1. The lowest BCUT2D eigenvalue weighted by atomic mass is 9.97. The van der Waals surface area contributed by atoms with Gasteiger partial charge in [0.2, 0.25) is 15.9 Å². The number of hydrogen-bond acceptors (Lipinski definition) is 6. The minimum absolute atomic E-state index is 0.0324. The third-order valence-corrected chi connectivity index (χ3v) is 9.22. The number of nitrogens with zero attached hydrogens (tertiary/aromatic N) is 1. The van der Waals surface area contributed by atoms with Gasteiger partial charge >= 0.3 is 5.97 Å². The molecule has 0 atom stereocenters. The lowest BCUT2D eigenvalue weighted by Gasteiger charge is -2.30. The second-order valence-electron chi connectivity index (χ2n) is 7.60. The Morgan fingerprint density at radius 1 is 1.09 bits per heavy atom. The molecule has 1 N–H and O–H groups in total. The molecule has 174 valence electrons. The van der Waals surface area contributed by atoms with Crippen LogP contribution >= 0.6 is 34.5 Å². The van der Waals surface area contributed by atoms with Crippen LogP contribution in [0.1, 0.15) is 22.5 Å². The van der Waals surface area contributed by atoms with Crippen molar-refractivity contribution in [3.63, 3.8) is 0 Å². The van der Waals surface area contributed by atoms with Gasteiger partial charge in [-0.1, -0.05) is 23.2 Å². The van der Waals surface area contributed by atoms with E-state index in [2.05, 4.69) is 5.32 Å². The fourth-order valence-corrected chi connectivity index (χ4v) is 6.91. The minimum atomic E-state index is -3.81. The van der Waals surface area contributed by atoms with E-state index in [-0.39, 0.29) is 39.9 Å². The summed E-state index contributed by atoms with van der Waals surface area (Å²) in [5, 5.41) is 4.13. The van der Waals surface area contributed by atoms with Crippen molar-refractivity contribution in [2.45, 2.75) is 17.7 Å². The van der Waals surface area contributed by atoms with Gasteiger partial charge < -0.3 is 10.1 Å². The van der Waals surface area contributed by atoms with Crippen LogP contribution in [0, 0.1) is 5.92 Å². The molecule has 0 aliphatic carbocycles. The number of benzene rings is 2. The zero-order chi connectivity index (χ0) is 23.8. The molecule has 1 amide bonds. The number of thiophene rings is 1. The summed E-state index contributed by atoms with van der Waals surface area (Å²) in [6, 6.07) is 11.5. The SMILES string of the molecule is COC(=O)c1cc2cc(NC(=O)C3CCN(S(=O)(=O)c4cc(Cl)ccc4Cl)CC3)ccc2s1. The standard InChI is InChI=1S/C22H20Cl2N2O5S2/c1-31-22(28)19-11-14-10-16(3-5-18(14)32-19)25-21(27)13-6-8-26(9-7-13)33(29,30)20-12-15(23)2-4-17(20)24/h2-5,10-13H,6-9H2,1H3,(H,25,27). The molecule has 7 nitrogen and oxygen atoms in total. The highest BCUT2D eigenvalue weighted by Gasteiger charge is 2.33. The number of amides is 1. The smallest absolute Gasteiger partial charge is 0.348 e. The number of halogens is 2. The Labute approximate surface area is 205 Å². The van der Waals surface area contributed by atoms with E-state index in [9.17, 15) is 18.0 Å². The Morgan fingerprint density at radius 3 is 2.52 bits per heavy atom. The molecule has 1 saturated heterocycles. The van der Waals surface area contributed by atoms with Gasteiger partial charge in [0.1, 0.15) is 9.77 Å². The van der Waals surface area contributed by atoms with Crippen molar-refractivity contribution >= 4 is 72.2 Å². The first-order chi connectivity index (χ1) is 15.7. The van der Waals surface area contributed by atoms with Gasteiger partial charge in [-0.25, -0.2) is 13.2 Å². The number of methoxy groups -OCH3 is 1. The van der Waals surface area contributed by atoms with Gasteiger partial charge in [0.15, 0.2) is 0 Å². The highest BCUT2D eigenvalue weighted by atomic mass is 35.5. The average Bonchev–Trinajstić information content (AvgIpc) is 3.23. The Bertz CT molecular complexity index is 1330. The van der Waals surface area contributed by atoms with E-state index < -0.39 is 16.0 Å². The van der Waals surface area contributed by atoms with Crippen LogP contribution in [0.2, 0.25) is 10.0 Å². The predicted octanol–water partition coefficient (Wildman–Crippen LogP) is 5.03. The number of anilines is 1. The van der Waals surface area contributed by atoms with Gasteiger partial charge in [0, 0.05) is 34.4 Å². The van der Waals surface area contributed by atoms with Crippen LogP contribution in [-0.4, -0.2) is 44.8 Å². The highest BCUT2D eigenvalue weighted by molar-refractivity contribution is 7.89.